The summed E-state index contributed by atoms with van der Waals surface area (Å²) in [5.74, 6) is 0. The molecule has 0 spiro atoms. The Balaban J connectivity index is 1.66. The molecular formula is C24H13N3. The molecule has 1 N–H and O–H groups in total. The maximum absolute atomic E-state index is 4.82. The van der Waals surface area contributed by atoms with Gasteiger partial charge in [0.15, 0.2) is 0 Å². The van der Waals surface area contributed by atoms with Crippen molar-refractivity contribution < 1.29 is 0 Å². The largest absolute Gasteiger partial charge is 0.354 e. The number of fused-ring (bicyclic) bond motifs is 7. The quantitative estimate of drug-likeness (QED) is 0.423. The minimum atomic E-state index is 1.05. The van der Waals surface area contributed by atoms with E-state index in [4.69, 9.17) is 9.98 Å². The van der Waals surface area contributed by atoms with Crippen LogP contribution >= 0.6 is 0 Å². The Morgan fingerprint density at radius 1 is 0.519 bits per heavy atom. The minimum Gasteiger partial charge on any atom is -0.354 e. The second-order valence-electron chi connectivity index (χ2n) is 7.21. The van der Waals surface area contributed by atoms with Crippen LogP contribution in [0.3, 0.4) is 0 Å². The molecule has 5 aromatic rings. The first-order chi connectivity index (χ1) is 13.3. The fourth-order valence-electron chi connectivity index (χ4n) is 4.45. The molecule has 1 aromatic heterocycles. The molecule has 27 heavy (non-hydrogen) atoms. The molecule has 0 unspecified atom stereocenters. The molecule has 2 aliphatic rings. The van der Waals surface area contributed by atoms with Gasteiger partial charge in [-0.1, -0.05) is 36.4 Å². The van der Waals surface area contributed by atoms with Gasteiger partial charge in [-0.15, -0.1) is 0 Å². The average molecular weight is 343 g/mol. The van der Waals surface area contributed by atoms with Crippen LogP contribution < -0.4 is 10.7 Å². The summed E-state index contributed by atoms with van der Waals surface area (Å²) in [5, 5.41) is 9.33. The average Bonchev–Trinajstić information content (AvgIpc) is 3.35. The summed E-state index contributed by atoms with van der Waals surface area (Å²) in [5.41, 5.74) is 4.39. The number of hydrogen-bond acceptors (Lipinski definition) is 2. The van der Waals surface area contributed by atoms with Crippen LogP contribution in [0.5, 0.6) is 0 Å². The van der Waals surface area contributed by atoms with Crippen molar-refractivity contribution in [3.63, 3.8) is 0 Å². The van der Waals surface area contributed by atoms with Crippen LogP contribution in [0.15, 0.2) is 82.8 Å². The Morgan fingerprint density at radius 3 is 1.52 bits per heavy atom. The second kappa shape index (κ2) is 4.51. The third-order valence-corrected chi connectivity index (χ3v) is 5.70. The zero-order valence-corrected chi connectivity index (χ0v) is 14.3. The van der Waals surface area contributed by atoms with E-state index >= 15 is 0 Å². The maximum Gasteiger partial charge on any atom is 0.0724 e. The molecule has 0 aliphatic carbocycles. The predicted octanol–water partition coefficient (Wildman–Crippen LogP) is 4.42. The maximum atomic E-state index is 4.82. The zero-order valence-electron chi connectivity index (χ0n) is 14.3. The molecule has 3 nitrogen and oxygen atoms in total. The fourth-order valence-corrected chi connectivity index (χ4v) is 4.45. The summed E-state index contributed by atoms with van der Waals surface area (Å²) in [6.07, 6.45) is 0. The number of para-hydroxylation sites is 2. The summed E-state index contributed by atoms with van der Waals surface area (Å²) in [6.45, 7) is 0. The zero-order chi connectivity index (χ0) is 17.5. The van der Waals surface area contributed by atoms with Crippen molar-refractivity contribution in [2.75, 3.05) is 0 Å². The highest BCUT2D eigenvalue weighted by atomic mass is 14.8. The van der Waals surface area contributed by atoms with Gasteiger partial charge in [0.05, 0.1) is 22.1 Å². The predicted molar refractivity (Wildman–Crippen MR) is 106 cm³/mol. The number of H-pyrrole nitrogens is 1. The van der Waals surface area contributed by atoms with Crippen molar-refractivity contribution in [3.05, 3.63) is 104 Å². The van der Waals surface area contributed by atoms with Crippen molar-refractivity contribution in [2.24, 2.45) is 9.98 Å². The summed E-state index contributed by atoms with van der Waals surface area (Å²) in [4.78, 5) is 13.3. The standard InChI is InChI=1S/C24H13N3/c1-3-7-19-13(5-1)15-9-23-17(11-21(15)25-19)18-12-22-16(10-24(18)27-23)14-6-2-4-8-20(14)26-22/h1-12,27H. The first-order valence-electron chi connectivity index (χ1n) is 9.11. The highest BCUT2D eigenvalue weighted by Gasteiger charge is 2.13. The lowest BCUT2D eigenvalue weighted by Gasteiger charge is -1.96. The van der Waals surface area contributed by atoms with E-state index in [1.165, 1.54) is 31.6 Å². The lowest BCUT2D eigenvalue weighted by Crippen LogP contribution is -1.97. The van der Waals surface area contributed by atoms with Crippen LogP contribution in [0.4, 0.5) is 11.4 Å². The van der Waals surface area contributed by atoms with Gasteiger partial charge in [-0.3, -0.25) is 0 Å². The van der Waals surface area contributed by atoms with Gasteiger partial charge in [0.1, 0.15) is 0 Å². The van der Waals surface area contributed by atoms with Gasteiger partial charge in [0, 0.05) is 42.7 Å². The molecule has 0 atom stereocenters. The van der Waals surface area contributed by atoms with Crippen LogP contribution in [-0.4, -0.2) is 4.98 Å². The van der Waals surface area contributed by atoms with Crippen molar-refractivity contribution in [1.29, 1.82) is 0 Å². The van der Waals surface area contributed by atoms with Gasteiger partial charge >= 0.3 is 0 Å². The fraction of sp³-hybridized carbons (Fsp3) is 0. The Labute approximate surface area is 153 Å². The minimum absolute atomic E-state index is 1.05. The first-order valence-corrected chi connectivity index (χ1v) is 9.11. The number of benzene rings is 4. The number of hydrogen-bond donors (Lipinski definition) is 1. The van der Waals surface area contributed by atoms with Crippen molar-refractivity contribution in [2.45, 2.75) is 0 Å². The van der Waals surface area contributed by atoms with E-state index in [1.54, 1.807) is 0 Å². The van der Waals surface area contributed by atoms with E-state index in [-0.39, 0.29) is 0 Å². The van der Waals surface area contributed by atoms with Gasteiger partial charge < -0.3 is 4.98 Å². The van der Waals surface area contributed by atoms with Crippen LogP contribution in [0, 0.1) is 20.9 Å². The van der Waals surface area contributed by atoms with E-state index in [0.29, 0.717) is 0 Å². The smallest absolute Gasteiger partial charge is 0.0724 e. The van der Waals surface area contributed by atoms with Crippen LogP contribution in [0.2, 0.25) is 0 Å². The molecule has 124 valence electrons. The molecule has 7 rings (SSSR count). The topological polar surface area (TPSA) is 40.5 Å². The van der Waals surface area contributed by atoms with E-state index in [2.05, 4.69) is 65.6 Å². The molecule has 0 bridgehead atoms. The normalized spacial score (nSPS) is 13.0. The van der Waals surface area contributed by atoms with Crippen molar-refractivity contribution in [3.8, 4) is 0 Å². The Bertz CT molecular complexity index is 1640. The van der Waals surface area contributed by atoms with Gasteiger partial charge in [-0.05, 0) is 36.4 Å². The van der Waals surface area contributed by atoms with Gasteiger partial charge in [-0.2, -0.15) is 0 Å². The molecule has 0 radical (unpaired) electrons. The summed E-state index contributed by atoms with van der Waals surface area (Å²) < 4.78 is 0. The van der Waals surface area contributed by atoms with E-state index in [9.17, 15) is 0 Å². The van der Waals surface area contributed by atoms with Gasteiger partial charge in [0.25, 0.3) is 0 Å². The Kier molecular flexibility index (Phi) is 2.25. The van der Waals surface area contributed by atoms with Crippen molar-refractivity contribution in [1.82, 2.24) is 4.98 Å². The first kappa shape index (κ1) is 13.5. The summed E-state index contributed by atoms with van der Waals surface area (Å²) >= 11 is 0. The third kappa shape index (κ3) is 1.66. The SMILES string of the molecule is c1ccc2c(c1)=Nc1cc3c(cc1=2)[nH]c1cc2c(cc13)N=c1ccccc1=2. The highest BCUT2D eigenvalue weighted by molar-refractivity contribution is 6.09. The molecule has 3 heteroatoms. The number of nitrogens with one attached hydrogen (secondary N) is 1. The third-order valence-electron chi connectivity index (χ3n) is 5.70. The molecule has 0 saturated heterocycles. The van der Waals surface area contributed by atoms with Gasteiger partial charge in [-0.25, -0.2) is 9.98 Å². The Morgan fingerprint density at radius 2 is 1.00 bits per heavy atom. The molecule has 0 amide bonds. The monoisotopic (exact) mass is 343 g/mol. The number of aromatic amines is 1. The molecule has 3 heterocycles. The number of nitrogens with zero attached hydrogens (tertiary/aromatic N) is 2. The van der Waals surface area contributed by atoms with Crippen LogP contribution in [0.25, 0.3) is 21.8 Å². The summed E-state index contributed by atoms with van der Waals surface area (Å²) in [7, 11) is 0. The van der Waals surface area contributed by atoms with Crippen LogP contribution in [0.1, 0.15) is 0 Å². The molecule has 2 aliphatic heterocycles. The van der Waals surface area contributed by atoms with Crippen LogP contribution in [-0.2, 0) is 0 Å². The molecular weight excluding hydrogens is 330 g/mol. The number of rotatable bonds is 0. The van der Waals surface area contributed by atoms with E-state index < -0.39 is 0 Å². The number of aromatic nitrogens is 1. The highest BCUT2D eigenvalue weighted by Crippen LogP contribution is 2.34. The van der Waals surface area contributed by atoms with E-state index in [0.717, 1.165) is 33.1 Å². The molecule has 0 fully saturated rings. The molecule has 0 saturated carbocycles. The Hall–Kier alpha value is -3.72. The van der Waals surface area contributed by atoms with Gasteiger partial charge in [0.2, 0.25) is 0 Å². The second-order valence-corrected chi connectivity index (χ2v) is 7.21. The lowest BCUT2D eigenvalue weighted by atomic mass is 10.1. The lowest BCUT2D eigenvalue weighted by molar-refractivity contribution is 1.38. The van der Waals surface area contributed by atoms with E-state index in [1.807, 2.05) is 12.1 Å². The molecule has 4 aromatic carbocycles. The van der Waals surface area contributed by atoms with Crippen molar-refractivity contribution >= 4 is 33.2 Å². The summed E-state index contributed by atoms with van der Waals surface area (Å²) in [6, 6.07) is 25.5.